The second-order valence-corrected chi connectivity index (χ2v) is 6.16. The van der Waals surface area contributed by atoms with Crippen LogP contribution < -0.4 is 4.74 Å². The van der Waals surface area contributed by atoms with Crippen molar-refractivity contribution in [2.24, 2.45) is 7.05 Å². The van der Waals surface area contributed by atoms with Gasteiger partial charge in [0.15, 0.2) is 0 Å². The molecule has 0 N–H and O–H groups in total. The molecule has 2 rings (SSSR count). The van der Waals surface area contributed by atoms with Crippen LogP contribution in [0.5, 0.6) is 5.75 Å². The van der Waals surface area contributed by atoms with Gasteiger partial charge in [-0.15, -0.1) is 0 Å². The summed E-state index contributed by atoms with van der Waals surface area (Å²) in [6, 6.07) is 4.63. The molecule has 0 fully saturated rings. The van der Waals surface area contributed by atoms with Crippen molar-refractivity contribution in [2.45, 2.75) is 52.3 Å². The van der Waals surface area contributed by atoms with Crippen molar-refractivity contribution >= 4 is 6.15 Å². The van der Waals surface area contributed by atoms with E-state index in [1.54, 1.807) is 23.9 Å². The normalized spacial score (nSPS) is 11.1. The maximum Gasteiger partial charge on any atom is 0.389 e. The maximum absolute atomic E-state index is 12.8. The molecule has 0 unspecified atom stereocenters. The summed E-state index contributed by atoms with van der Waals surface area (Å²) >= 11 is 0. The number of nitrogens with zero attached hydrogens (tertiary/aromatic N) is 2. The van der Waals surface area contributed by atoms with E-state index >= 15 is 0 Å². The minimum Gasteiger partial charge on any atom is -0.434 e. The molecule has 5 nitrogen and oxygen atoms in total. The van der Waals surface area contributed by atoms with Crippen LogP contribution in [0, 0.1) is 6.92 Å². The summed E-state index contributed by atoms with van der Waals surface area (Å²) in [4.78, 5) is 16.2. The highest BCUT2D eigenvalue weighted by Crippen LogP contribution is 2.35. The van der Waals surface area contributed by atoms with E-state index in [4.69, 9.17) is 9.59 Å². The monoisotopic (exact) mass is 420 g/mol. The Kier molecular flexibility index (Phi) is 8.97. The first kappa shape index (κ1) is 24.3. The molecular weight excluding hydrogens is 399 g/mol. The fourth-order valence-electron chi connectivity index (χ4n) is 3.00. The van der Waals surface area contributed by atoms with Gasteiger partial charge in [0.1, 0.15) is 5.75 Å². The quantitative estimate of drug-likeness (QED) is 0.600. The minimum absolute atomic E-state index is 0.0572. The van der Waals surface area contributed by atoms with Gasteiger partial charge in [-0.1, -0.05) is 13.0 Å². The van der Waals surface area contributed by atoms with Crippen molar-refractivity contribution in [1.29, 1.82) is 0 Å². The Morgan fingerprint density at radius 1 is 1.24 bits per heavy atom. The van der Waals surface area contributed by atoms with Crippen molar-refractivity contribution in [3.05, 3.63) is 35.0 Å². The number of aryl methyl sites for hydroxylation is 3. The summed E-state index contributed by atoms with van der Waals surface area (Å²) in [6.45, 7) is 0.766. The number of hydrogen-bond donors (Lipinski definition) is 0. The summed E-state index contributed by atoms with van der Waals surface area (Å²) in [6.07, 6.45) is -4.18. The van der Waals surface area contributed by atoms with Gasteiger partial charge in [-0.25, -0.2) is 0 Å². The number of benzene rings is 1. The van der Waals surface area contributed by atoms with E-state index in [2.05, 4.69) is 9.84 Å². The van der Waals surface area contributed by atoms with E-state index in [0.717, 1.165) is 11.3 Å². The zero-order valence-electron chi connectivity index (χ0n) is 16.1. The maximum atomic E-state index is 12.8. The fourth-order valence-corrected chi connectivity index (χ4v) is 3.00. The molecule has 1 heterocycles. The molecule has 0 spiro atoms. The van der Waals surface area contributed by atoms with Crippen LogP contribution in [0.4, 0.5) is 22.0 Å². The van der Waals surface area contributed by atoms with E-state index in [1.807, 2.05) is 13.8 Å². The molecule has 0 atom stereocenters. The number of aromatic nitrogens is 2. The third-order valence-electron chi connectivity index (χ3n) is 4.16. The Morgan fingerprint density at radius 2 is 1.86 bits per heavy atom. The Labute approximate surface area is 164 Å². The lowest BCUT2D eigenvalue weighted by Crippen LogP contribution is -2.08. The highest BCUT2D eigenvalue weighted by atomic mass is 19.4. The van der Waals surface area contributed by atoms with Crippen molar-refractivity contribution in [2.75, 3.05) is 0 Å². The molecule has 1 aromatic carbocycles. The smallest absolute Gasteiger partial charge is 0.389 e. The molecule has 160 valence electrons. The lowest BCUT2D eigenvalue weighted by atomic mass is 10.0. The van der Waals surface area contributed by atoms with E-state index in [-0.39, 0.29) is 24.7 Å². The Balaban J connectivity index is 0.00000132. The van der Waals surface area contributed by atoms with E-state index < -0.39 is 19.2 Å². The summed E-state index contributed by atoms with van der Waals surface area (Å²) in [5.41, 5.74) is 3.32. The number of ether oxygens (including phenoxy) is 1. The molecule has 0 saturated carbocycles. The minimum atomic E-state index is -4.23. The van der Waals surface area contributed by atoms with Gasteiger partial charge in [-0.05, 0) is 49.4 Å². The molecule has 1 aromatic heterocycles. The highest BCUT2D eigenvalue weighted by Gasteiger charge is 2.26. The summed E-state index contributed by atoms with van der Waals surface area (Å²) in [7, 11) is 1.71. The fraction of sp³-hybridized carbons (Fsp3) is 0.474. The highest BCUT2D eigenvalue weighted by molar-refractivity contribution is 5.71. The third kappa shape index (κ3) is 7.30. The molecule has 0 aliphatic carbocycles. The Bertz CT molecular complexity index is 841. The van der Waals surface area contributed by atoms with Gasteiger partial charge in [0.2, 0.25) is 0 Å². The van der Waals surface area contributed by atoms with Crippen LogP contribution in [-0.2, 0) is 29.5 Å². The molecule has 2 aromatic rings. The topological polar surface area (TPSA) is 61.2 Å². The number of alkyl halides is 5. The van der Waals surface area contributed by atoms with Crippen LogP contribution in [0.1, 0.15) is 36.6 Å². The van der Waals surface area contributed by atoms with Crippen molar-refractivity contribution < 1.29 is 36.3 Å². The van der Waals surface area contributed by atoms with Crippen LogP contribution in [0.2, 0.25) is 0 Å². The van der Waals surface area contributed by atoms with E-state index in [9.17, 15) is 22.0 Å². The Hall–Kier alpha value is -2.74. The summed E-state index contributed by atoms with van der Waals surface area (Å²) in [5, 5.41) is 4.37. The first-order valence-electron chi connectivity index (χ1n) is 8.70. The largest absolute Gasteiger partial charge is 0.434 e. The molecule has 0 saturated heterocycles. The van der Waals surface area contributed by atoms with Gasteiger partial charge < -0.3 is 4.74 Å². The van der Waals surface area contributed by atoms with Gasteiger partial charge in [0.25, 0.3) is 0 Å². The molecule has 0 aliphatic heterocycles. The zero-order chi connectivity index (χ0) is 22.2. The molecule has 0 radical (unpaired) electrons. The number of halogens is 5. The predicted molar refractivity (Wildman–Crippen MR) is 93.4 cm³/mol. The molecule has 10 heteroatoms. The van der Waals surface area contributed by atoms with Crippen molar-refractivity contribution in [3.8, 4) is 17.0 Å². The van der Waals surface area contributed by atoms with Crippen LogP contribution in [-0.4, -0.2) is 28.7 Å². The molecule has 0 amide bonds. The SMILES string of the molecule is CCc1nn(C)c(-c2ccc(CCCC(F)(F)F)cc2OC(F)F)c1C.O=C=O. The molecule has 0 aliphatic rings. The van der Waals surface area contributed by atoms with E-state index in [0.29, 0.717) is 23.2 Å². The Morgan fingerprint density at radius 3 is 2.34 bits per heavy atom. The van der Waals surface area contributed by atoms with Gasteiger partial charge in [0, 0.05) is 19.0 Å². The van der Waals surface area contributed by atoms with E-state index in [1.165, 1.54) is 6.07 Å². The average Bonchev–Trinajstić information content (AvgIpc) is 2.88. The first-order valence-corrected chi connectivity index (χ1v) is 8.70. The number of rotatable bonds is 7. The predicted octanol–water partition coefficient (Wildman–Crippen LogP) is 4.86. The van der Waals surface area contributed by atoms with Crippen LogP contribution >= 0.6 is 0 Å². The standard InChI is InChI=1S/C18H21F5N2O.CO2/c1-4-14-11(2)16(25(3)24-14)13-8-7-12(6-5-9-18(21,22)23)10-15(13)26-17(19)20;2-1-3/h7-8,10,17H,4-6,9H2,1-3H3;. The third-order valence-corrected chi connectivity index (χ3v) is 4.16. The number of carbonyl (C=O) groups excluding carboxylic acids is 2. The zero-order valence-corrected chi connectivity index (χ0v) is 16.1. The lowest BCUT2D eigenvalue weighted by Gasteiger charge is -2.14. The van der Waals surface area contributed by atoms with Crippen molar-refractivity contribution in [3.63, 3.8) is 0 Å². The molecule has 29 heavy (non-hydrogen) atoms. The first-order chi connectivity index (χ1) is 13.5. The van der Waals surface area contributed by atoms with Crippen LogP contribution in [0.25, 0.3) is 11.3 Å². The van der Waals surface area contributed by atoms with Crippen LogP contribution in [0.3, 0.4) is 0 Å². The average molecular weight is 420 g/mol. The van der Waals surface area contributed by atoms with Crippen LogP contribution in [0.15, 0.2) is 18.2 Å². The van der Waals surface area contributed by atoms with Gasteiger partial charge in [-0.3, -0.25) is 4.68 Å². The van der Waals surface area contributed by atoms with Gasteiger partial charge in [0.05, 0.1) is 11.4 Å². The second kappa shape index (κ2) is 10.7. The van der Waals surface area contributed by atoms with Crippen molar-refractivity contribution in [1.82, 2.24) is 9.78 Å². The second-order valence-electron chi connectivity index (χ2n) is 6.16. The molecule has 0 bridgehead atoms. The molecular formula is C19H21F5N2O3. The lowest BCUT2D eigenvalue weighted by molar-refractivity contribution is -0.191. The van der Waals surface area contributed by atoms with Gasteiger partial charge >= 0.3 is 18.9 Å². The summed E-state index contributed by atoms with van der Waals surface area (Å²) < 4.78 is 68.8. The number of hydrogen-bond acceptors (Lipinski definition) is 4. The summed E-state index contributed by atoms with van der Waals surface area (Å²) in [5.74, 6) is -0.0572. The van der Waals surface area contributed by atoms with Gasteiger partial charge in [-0.2, -0.15) is 36.6 Å².